The summed E-state index contributed by atoms with van der Waals surface area (Å²) in [5.41, 5.74) is 1.39. The Hall–Kier alpha value is -2.48. The SMILES string of the molecule is CO[C@@H]1CN(C(=O)c2ccnc(OC(C)C)c2)C[C@H]1c1cn(C)nn1. The molecule has 3 heterocycles. The molecule has 0 radical (unpaired) electrons. The summed E-state index contributed by atoms with van der Waals surface area (Å²) >= 11 is 0. The zero-order chi connectivity index (χ0) is 18.0. The van der Waals surface area contributed by atoms with Crippen LogP contribution in [0.25, 0.3) is 0 Å². The summed E-state index contributed by atoms with van der Waals surface area (Å²) in [6.45, 7) is 4.90. The minimum Gasteiger partial charge on any atom is -0.475 e. The van der Waals surface area contributed by atoms with Crippen molar-refractivity contribution < 1.29 is 14.3 Å². The summed E-state index contributed by atoms with van der Waals surface area (Å²) in [5.74, 6) is 0.397. The number of rotatable bonds is 5. The Morgan fingerprint density at radius 3 is 2.80 bits per heavy atom. The molecule has 0 saturated carbocycles. The van der Waals surface area contributed by atoms with Crippen LogP contribution >= 0.6 is 0 Å². The third kappa shape index (κ3) is 3.79. The number of amides is 1. The van der Waals surface area contributed by atoms with E-state index in [4.69, 9.17) is 9.47 Å². The fourth-order valence-electron chi connectivity index (χ4n) is 3.03. The van der Waals surface area contributed by atoms with Gasteiger partial charge >= 0.3 is 0 Å². The van der Waals surface area contributed by atoms with Crippen molar-refractivity contribution in [1.82, 2.24) is 24.9 Å². The third-order valence-corrected chi connectivity index (χ3v) is 4.19. The van der Waals surface area contributed by atoms with Gasteiger partial charge in [0.1, 0.15) is 0 Å². The van der Waals surface area contributed by atoms with Crippen molar-refractivity contribution in [2.45, 2.75) is 32.0 Å². The fourth-order valence-corrected chi connectivity index (χ4v) is 3.03. The van der Waals surface area contributed by atoms with E-state index in [1.165, 1.54) is 0 Å². The number of likely N-dealkylation sites (tertiary alicyclic amines) is 1. The quantitative estimate of drug-likeness (QED) is 0.811. The minimum absolute atomic E-state index is 0.00328. The Kier molecular flexibility index (Phi) is 4.98. The molecule has 1 aliphatic heterocycles. The second-order valence-electron chi connectivity index (χ2n) is 6.46. The van der Waals surface area contributed by atoms with E-state index >= 15 is 0 Å². The molecule has 1 amide bonds. The molecule has 0 N–H and O–H groups in total. The number of methoxy groups -OCH3 is 1. The van der Waals surface area contributed by atoms with Crippen molar-refractivity contribution in [3.8, 4) is 5.88 Å². The molecule has 0 unspecified atom stereocenters. The van der Waals surface area contributed by atoms with Gasteiger partial charge in [0, 0.05) is 51.3 Å². The predicted octanol–water partition coefficient (Wildman–Crippen LogP) is 1.25. The Morgan fingerprint density at radius 2 is 2.16 bits per heavy atom. The summed E-state index contributed by atoms with van der Waals surface area (Å²) < 4.78 is 12.8. The molecular weight excluding hydrogens is 322 g/mol. The maximum atomic E-state index is 12.9. The first-order valence-electron chi connectivity index (χ1n) is 8.29. The van der Waals surface area contributed by atoms with Crippen LogP contribution in [0.1, 0.15) is 35.8 Å². The topological polar surface area (TPSA) is 82.4 Å². The molecule has 0 aromatic carbocycles. The molecule has 0 aliphatic carbocycles. The van der Waals surface area contributed by atoms with Crippen molar-refractivity contribution in [2.75, 3.05) is 20.2 Å². The molecule has 1 fully saturated rings. The normalized spacial score (nSPS) is 20.3. The van der Waals surface area contributed by atoms with Gasteiger partial charge in [-0.15, -0.1) is 5.10 Å². The molecule has 0 bridgehead atoms. The van der Waals surface area contributed by atoms with Crippen molar-refractivity contribution >= 4 is 5.91 Å². The van der Waals surface area contributed by atoms with E-state index in [9.17, 15) is 4.79 Å². The van der Waals surface area contributed by atoms with Crippen molar-refractivity contribution in [3.05, 3.63) is 35.8 Å². The lowest BCUT2D eigenvalue weighted by molar-refractivity contribution is 0.0713. The first-order valence-corrected chi connectivity index (χ1v) is 8.29. The van der Waals surface area contributed by atoms with Crippen molar-refractivity contribution in [1.29, 1.82) is 0 Å². The lowest BCUT2D eigenvalue weighted by Gasteiger charge is -2.16. The first-order chi connectivity index (χ1) is 12.0. The molecular formula is C17H23N5O3. The largest absolute Gasteiger partial charge is 0.475 e. The molecule has 25 heavy (non-hydrogen) atoms. The number of aromatic nitrogens is 4. The van der Waals surface area contributed by atoms with Crippen LogP contribution in [0.15, 0.2) is 24.5 Å². The predicted molar refractivity (Wildman–Crippen MR) is 90.4 cm³/mol. The van der Waals surface area contributed by atoms with Crippen LogP contribution in [-0.4, -0.2) is 63.2 Å². The third-order valence-electron chi connectivity index (χ3n) is 4.19. The minimum atomic E-state index is -0.103. The zero-order valence-electron chi connectivity index (χ0n) is 14.9. The van der Waals surface area contributed by atoms with Gasteiger partial charge in [-0.05, 0) is 19.9 Å². The van der Waals surface area contributed by atoms with Crippen molar-refractivity contribution in [2.24, 2.45) is 7.05 Å². The molecule has 134 valence electrons. The Labute approximate surface area is 146 Å². The highest BCUT2D eigenvalue weighted by Crippen LogP contribution is 2.29. The van der Waals surface area contributed by atoms with E-state index < -0.39 is 0 Å². The van der Waals surface area contributed by atoms with Crippen LogP contribution in [0.3, 0.4) is 0 Å². The lowest BCUT2D eigenvalue weighted by atomic mass is 10.0. The van der Waals surface area contributed by atoms with E-state index in [0.29, 0.717) is 24.5 Å². The van der Waals surface area contributed by atoms with E-state index in [-0.39, 0.29) is 24.0 Å². The average molecular weight is 345 g/mol. The zero-order valence-corrected chi connectivity index (χ0v) is 14.9. The number of ether oxygens (including phenoxy) is 2. The van der Waals surface area contributed by atoms with Crippen molar-refractivity contribution in [3.63, 3.8) is 0 Å². The van der Waals surface area contributed by atoms with Crippen LogP contribution in [0.2, 0.25) is 0 Å². The van der Waals surface area contributed by atoms with Gasteiger partial charge in [0.2, 0.25) is 5.88 Å². The van der Waals surface area contributed by atoms with Crippen LogP contribution in [-0.2, 0) is 11.8 Å². The number of carbonyl (C=O) groups excluding carboxylic acids is 1. The summed E-state index contributed by atoms with van der Waals surface area (Å²) in [7, 11) is 3.48. The number of nitrogens with zero attached hydrogens (tertiary/aromatic N) is 5. The first kappa shape index (κ1) is 17.3. The molecule has 2 aromatic heterocycles. The Bertz CT molecular complexity index is 745. The molecule has 0 spiro atoms. The lowest BCUT2D eigenvalue weighted by Crippen LogP contribution is -2.30. The Balaban J connectivity index is 1.77. The number of carbonyl (C=O) groups is 1. The number of hydrogen-bond acceptors (Lipinski definition) is 6. The van der Waals surface area contributed by atoms with Crippen LogP contribution < -0.4 is 4.74 Å². The van der Waals surface area contributed by atoms with E-state index in [0.717, 1.165) is 5.69 Å². The fraction of sp³-hybridized carbons (Fsp3) is 0.529. The highest BCUT2D eigenvalue weighted by atomic mass is 16.5. The molecule has 3 rings (SSSR count). The average Bonchev–Trinajstić information content (AvgIpc) is 3.19. The highest BCUT2D eigenvalue weighted by Gasteiger charge is 2.38. The van der Waals surface area contributed by atoms with Gasteiger partial charge in [-0.3, -0.25) is 9.48 Å². The van der Waals surface area contributed by atoms with Gasteiger partial charge in [-0.1, -0.05) is 5.21 Å². The second-order valence-corrected chi connectivity index (χ2v) is 6.46. The van der Waals surface area contributed by atoms with Gasteiger partial charge in [-0.25, -0.2) is 4.98 Å². The van der Waals surface area contributed by atoms with Gasteiger partial charge in [-0.2, -0.15) is 0 Å². The maximum Gasteiger partial charge on any atom is 0.254 e. The summed E-state index contributed by atoms with van der Waals surface area (Å²) in [4.78, 5) is 18.8. The van der Waals surface area contributed by atoms with E-state index in [2.05, 4.69) is 15.3 Å². The summed E-state index contributed by atoms with van der Waals surface area (Å²) in [6, 6.07) is 3.38. The smallest absolute Gasteiger partial charge is 0.254 e. The van der Waals surface area contributed by atoms with Gasteiger partial charge in [0.15, 0.2) is 0 Å². The number of hydrogen-bond donors (Lipinski definition) is 0. The van der Waals surface area contributed by atoms with Crippen LogP contribution in [0.5, 0.6) is 5.88 Å². The molecule has 1 aliphatic rings. The standard InChI is InChI=1S/C17H23N5O3/c1-11(2)25-16-7-12(5-6-18-16)17(23)22-8-13(15(10-22)24-4)14-9-21(3)20-19-14/h5-7,9,11,13,15H,8,10H2,1-4H3/t13-,15+/m0/s1. The van der Waals surface area contributed by atoms with Gasteiger partial charge in [0.05, 0.1) is 23.8 Å². The number of aryl methyl sites for hydroxylation is 1. The van der Waals surface area contributed by atoms with Crippen LogP contribution in [0.4, 0.5) is 0 Å². The van der Waals surface area contributed by atoms with Gasteiger partial charge < -0.3 is 14.4 Å². The molecule has 8 heteroatoms. The van der Waals surface area contributed by atoms with E-state index in [1.807, 2.05) is 27.1 Å². The second kappa shape index (κ2) is 7.18. The molecule has 2 atom stereocenters. The summed E-state index contributed by atoms with van der Waals surface area (Å²) in [6.07, 6.45) is 3.36. The highest BCUT2D eigenvalue weighted by molar-refractivity contribution is 5.94. The monoisotopic (exact) mass is 345 g/mol. The van der Waals surface area contributed by atoms with E-state index in [1.54, 1.807) is 35.0 Å². The molecule has 8 nitrogen and oxygen atoms in total. The molecule has 2 aromatic rings. The number of pyridine rings is 1. The van der Waals surface area contributed by atoms with Crippen LogP contribution in [0, 0.1) is 0 Å². The Morgan fingerprint density at radius 1 is 1.36 bits per heavy atom. The molecule has 1 saturated heterocycles. The maximum absolute atomic E-state index is 12.9. The summed E-state index contributed by atoms with van der Waals surface area (Å²) in [5, 5.41) is 8.15. The van der Waals surface area contributed by atoms with Gasteiger partial charge in [0.25, 0.3) is 5.91 Å².